The molecule has 0 aliphatic carbocycles. The molecule has 5 nitrogen and oxygen atoms in total. The van der Waals surface area contributed by atoms with Crippen molar-refractivity contribution >= 4 is 0 Å². The zero-order valence-corrected chi connectivity index (χ0v) is 13.9. The van der Waals surface area contributed by atoms with E-state index in [2.05, 4.69) is 21.5 Å². The molecule has 1 N–H and O–H groups in total. The van der Waals surface area contributed by atoms with E-state index in [0.717, 1.165) is 30.7 Å². The number of halogens is 2. The maximum Gasteiger partial charge on any atom is 0.260 e. The highest BCUT2D eigenvalue weighted by atomic mass is 19.1. The molecule has 1 atom stereocenters. The van der Waals surface area contributed by atoms with Gasteiger partial charge in [-0.1, -0.05) is 23.4 Å². The van der Waals surface area contributed by atoms with Crippen LogP contribution in [0.4, 0.5) is 8.78 Å². The van der Waals surface area contributed by atoms with Gasteiger partial charge < -0.3 is 14.6 Å². The van der Waals surface area contributed by atoms with Gasteiger partial charge in [-0.2, -0.15) is 4.98 Å². The second-order valence-corrected chi connectivity index (χ2v) is 6.18. The average Bonchev–Trinajstić information content (AvgIpc) is 3.00. The standard InChI is InChI=1S/C19H17F2N3O2/c20-13-6-8-15(16(21)9-13)19-23-18(24-26-19)10-22-14-7-5-12-3-1-2-4-17(12)25-11-14/h1-4,6,8-9,14,22H,5,7,10-11H2. The van der Waals surface area contributed by atoms with Crippen molar-refractivity contribution in [1.82, 2.24) is 15.5 Å². The van der Waals surface area contributed by atoms with Crippen molar-refractivity contribution in [3.05, 3.63) is 65.5 Å². The number of aryl methyl sites for hydroxylation is 1. The predicted molar refractivity (Wildman–Crippen MR) is 90.5 cm³/mol. The third-order valence-electron chi connectivity index (χ3n) is 4.35. The van der Waals surface area contributed by atoms with Crippen molar-refractivity contribution in [2.45, 2.75) is 25.4 Å². The molecular formula is C19H17F2N3O2. The highest BCUT2D eigenvalue weighted by molar-refractivity contribution is 5.53. The van der Waals surface area contributed by atoms with Crippen molar-refractivity contribution < 1.29 is 18.0 Å². The van der Waals surface area contributed by atoms with Crippen molar-refractivity contribution in [1.29, 1.82) is 0 Å². The molecule has 7 heteroatoms. The smallest absolute Gasteiger partial charge is 0.260 e. The number of ether oxygens (including phenoxy) is 1. The lowest BCUT2D eigenvalue weighted by atomic mass is 10.1. The maximum absolute atomic E-state index is 13.8. The predicted octanol–water partition coefficient (Wildman–Crippen LogP) is 3.50. The van der Waals surface area contributed by atoms with E-state index in [1.807, 2.05) is 18.2 Å². The maximum atomic E-state index is 13.8. The highest BCUT2D eigenvalue weighted by Gasteiger charge is 2.18. The monoisotopic (exact) mass is 357 g/mol. The van der Waals surface area contributed by atoms with Gasteiger partial charge in [0.05, 0.1) is 12.1 Å². The van der Waals surface area contributed by atoms with Crippen molar-refractivity contribution in [2.75, 3.05) is 6.61 Å². The van der Waals surface area contributed by atoms with Gasteiger partial charge in [-0.15, -0.1) is 0 Å². The normalized spacial score (nSPS) is 16.6. The first-order valence-corrected chi connectivity index (χ1v) is 8.41. The lowest BCUT2D eigenvalue weighted by Gasteiger charge is -2.14. The summed E-state index contributed by atoms with van der Waals surface area (Å²) in [6.07, 6.45) is 1.85. The molecule has 0 bridgehead atoms. The molecule has 3 aromatic rings. The molecule has 26 heavy (non-hydrogen) atoms. The molecule has 0 radical (unpaired) electrons. The molecule has 4 rings (SSSR count). The fraction of sp³-hybridized carbons (Fsp3) is 0.263. The Morgan fingerprint density at radius 1 is 1.15 bits per heavy atom. The molecule has 1 aliphatic rings. The highest BCUT2D eigenvalue weighted by Crippen LogP contribution is 2.24. The Kier molecular flexibility index (Phi) is 4.62. The van der Waals surface area contributed by atoms with E-state index in [1.165, 1.54) is 11.6 Å². The molecule has 0 amide bonds. The molecular weight excluding hydrogens is 340 g/mol. The first-order valence-electron chi connectivity index (χ1n) is 8.41. The van der Waals surface area contributed by atoms with Crippen LogP contribution in [-0.4, -0.2) is 22.8 Å². The summed E-state index contributed by atoms with van der Waals surface area (Å²) in [4.78, 5) is 4.17. The minimum absolute atomic E-state index is 0.0313. The summed E-state index contributed by atoms with van der Waals surface area (Å²) >= 11 is 0. The second kappa shape index (κ2) is 7.21. The van der Waals surface area contributed by atoms with Gasteiger partial charge >= 0.3 is 0 Å². The SMILES string of the molecule is Fc1ccc(-c2nc(CNC3CCc4ccccc4OC3)no2)c(F)c1. The Balaban J connectivity index is 1.38. The van der Waals surface area contributed by atoms with Gasteiger partial charge in [0.2, 0.25) is 0 Å². The largest absolute Gasteiger partial charge is 0.492 e. The van der Waals surface area contributed by atoms with Crippen LogP contribution >= 0.6 is 0 Å². The van der Waals surface area contributed by atoms with Crippen molar-refractivity contribution in [3.8, 4) is 17.2 Å². The molecule has 2 aromatic carbocycles. The van der Waals surface area contributed by atoms with Crippen LogP contribution < -0.4 is 10.1 Å². The average molecular weight is 357 g/mol. The third-order valence-corrected chi connectivity index (χ3v) is 4.35. The lowest BCUT2D eigenvalue weighted by Crippen LogP contribution is -2.34. The second-order valence-electron chi connectivity index (χ2n) is 6.18. The lowest BCUT2D eigenvalue weighted by molar-refractivity contribution is 0.265. The fourth-order valence-electron chi connectivity index (χ4n) is 2.95. The van der Waals surface area contributed by atoms with Crippen LogP contribution in [0.5, 0.6) is 5.75 Å². The number of fused-ring (bicyclic) bond motifs is 1. The third kappa shape index (κ3) is 3.57. The molecule has 0 saturated heterocycles. The molecule has 1 aliphatic heterocycles. The molecule has 0 spiro atoms. The summed E-state index contributed by atoms with van der Waals surface area (Å²) in [7, 11) is 0. The van der Waals surface area contributed by atoms with Crippen LogP contribution in [0.25, 0.3) is 11.5 Å². The van der Waals surface area contributed by atoms with E-state index in [9.17, 15) is 8.78 Å². The van der Waals surface area contributed by atoms with Gasteiger partial charge in [0.15, 0.2) is 5.82 Å². The van der Waals surface area contributed by atoms with Gasteiger partial charge in [-0.25, -0.2) is 8.78 Å². The number of para-hydroxylation sites is 1. The summed E-state index contributed by atoms with van der Waals surface area (Å²) in [5, 5.41) is 7.19. The molecule has 1 aromatic heterocycles. The summed E-state index contributed by atoms with van der Waals surface area (Å²) < 4.78 is 37.7. The number of nitrogens with zero attached hydrogens (tertiary/aromatic N) is 2. The van der Waals surface area contributed by atoms with Gasteiger partial charge in [-0.05, 0) is 36.6 Å². The summed E-state index contributed by atoms with van der Waals surface area (Å²) in [5.41, 5.74) is 1.28. The van der Waals surface area contributed by atoms with Gasteiger partial charge in [-0.3, -0.25) is 0 Å². The number of aromatic nitrogens is 2. The zero-order chi connectivity index (χ0) is 17.9. The van der Waals surface area contributed by atoms with Crippen molar-refractivity contribution in [2.24, 2.45) is 0 Å². The van der Waals surface area contributed by atoms with E-state index in [1.54, 1.807) is 0 Å². The molecule has 0 fully saturated rings. The van der Waals surface area contributed by atoms with E-state index in [-0.39, 0.29) is 17.5 Å². The first-order chi connectivity index (χ1) is 12.7. The van der Waals surface area contributed by atoms with Crippen LogP contribution in [0.3, 0.4) is 0 Å². The summed E-state index contributed by atoms with van der Waals surface area (Å²) in [5.74, 6) is -0.0233. The van der Waals surface area contributed by atoms with E-state index in [0.29, 0.717) is 19.0 Å². The van der Waals surface area contributed by atoms with Crippen LogP contribution in [0, 0.1) is 11.6 Å². The van der Waals surface area contributed by atoms with Gasteiger partial charge in [0, 0.05) is 12.1 Å². The van der Waals surface area contributed by atoms with Crippen LogP contribution in [-0.2, 0) is 13.0 Å². The van der Waals surface area contributed by atoms with Crippen LogP contribution in [0.1, 0.15) is 17.8 Å². The minimum atomic E-state index is -0.733. The van der Waals surface area contributed by atoms with Gasteiger partial charge in [0.1, 0.15) is 24.0 Å². The van der Waals surface area contributed by atoms with E-state index < -0.39 is 11.6 Å². The quantitative estimate of drug-likeness (QED) is 0.774. The van der Waals surface area contributed by atoms with Crippen molar-refractivity contribution in [3.63, 3.8) is 0 Å². The number of hydrogen-bond acceptors (Lipinski definition) is 5. The van der Waals surface area contributed by atoms with Crippen LogP contribution in [0.15, 0.2) is 47.0 Å². The number of rotatable bonds is 4. The minimum Gasteiger partial charge on any atom is -0.492 e. The zero-order valence-electron chi connectivity index (χ0n) is 13.9. The van der Waals surface area contributed by atoms with E-state index in [4.69, 9.17) is 9.26 Å². The Hall–Kier alpha value is -2.80. The molecule has 0 saturated carbocycles. The molecule has 134 valence electrons. The molecule has 1 unspecified atom stereocenters. The first kappa shape index (κ1) is 16.7. The van der Waals surface area contributed by atoms with Crippen LogP contribution in [0.2, 0.25) is 0 Å². The number of hydrogen-bond donors (Lipinski definition) is 1. The Labute approximate surface area is 149 Å². The van der Waals surface area contributed by atoms with Gasteiger partial charge in [0.25, 0.3) is 5.89 Å². The topological polar surface area (TPSA) is 60.2 Å². The molecule has 2 heterocycles. The Bertz CT molecular complexity index is 886. The number of benzene rings is 2. The fourth-order valence-corrected chi connectivity index (χ4v) is 2.95. The Morgan fingerprint density at radius 2 is 2.04 bits per heavy atom. The Morgan fingerprint density at radius 3 is 2.92 bits per heavy atom. The summed E-state index contributed by atoms with van der Waals surface area (Å²) in [6.45, 7) is 0.922. The summed E-state index contributed by atoms with van der Waals surface area (Å²) in [6, 6.07) is 11.4. The van der Waals surface area contributed by atoms with E-state index >= 15 is 0 Å². The number of nitrogens with one attached hydrogen (secondary N) is 1.